The fourth-order valence-electron chi connectivity index (χ4n) is 3.53. The number of nitrogens with one attached hydrogen (secondary N) is 3. The Balaban J connectivity index is 1.70. The number of anilines is 3. The second-order valence-corrected chi connectivity index (χ2v) is 7.12. The third-order valence-electron chi connectivity index (χ3n) is 4.96. The normalized spacial score (nSPS) is 19.8. The lowest BCUT2D eigenvalue weighted by Crippen LogP contribution is -2.29. The number of pyridine rings is 3. The molecule has 1 saturated carbocycles. The molecule has 3 heterocycles. The molecule has 0 amide bonds. The fraction of sp³-hybridized carbons (Fsp3) is 0.350. The number of aromatic amines is 1. The number of aromatic nitrogens is 3. The maximum absolute atomic E-state index is 12.4. The smallest absolute Gasteiger partial charge is 0.259 e. The molecule has 4 N–H and O–H groups in total. The van der Waals surface area contributed by atoms with Gasteiger partial charge in [0.2, 0.25) is 0 Å². The van der Waals surface area contributed by atoms with E-state index in [9.17, 15) is 9.90 Å². The number of H-pyrrole nitrogens is 1. The third-order valence-corrected chi connectivity index (χ3v) is 4.96. The van der Waals surface area contributed by atoms with E-state index in [1.807, 2.05) is 31.2 Å². The molecule has 1 aliphatic rings. The number of nitrogens with zero attached hydrogens (tertiary/aromatic N) is 2. The highest BCUT2D eigenvalue weighted by atomic mass is 16.3. The predicted molar refractivity (Wildman–Crippen MR) is 107 cm³/mol. The first-order valence-electron chi connectivity index (χ1n) is 9.25. The van der Waals surface area contributed by atoms with Gasteiger partial charge in [-0.3, -0.25) is 4.79 Å². The van der Waals surface area contributed by atoms with Crippen molar-refractivity contribution in [3.8, 4) is 0 Å². The predicted octanol–water partition coefficient (Wildman–Crippen LogP) is 3.09. The molecule has 4 rings (SSSR count). The van der Waals surface area contributed by atoms with Gasteiger partial charge in [-0.1, -0.05) is 0 Å². The summed E-state index contributed by atoms with van der Waals surface area (Å²) >= 11 is 0. The van der Waals surface area contributed by atoms with Crippen LogP contribution in [0, 0.1) is 6.92 Å². The Morgan fingerprint density at radius 3 is 2.74 bits per heavy atom. The van der Waals surface area contributed by atoms with Gasteiger partial charge in [0, 0.05) is 18.4 Å². The van der Waals surface area contributed by atoms with Crippen LogP contribution in [-0.4, -0.2) is 32.2 Å². The van der Waals surface area contributed by atoms with Crippen molar-refractivity contribution in [2.24, 2.45) is 0 Å². The van der Waals surface area contributed by atoms with Crippen LogP contribution in [0.1, 0.15) is 31.2 Å². The molecule has 140 valence electrons. The van der Waals surface area contributed by atoms with Crippen molar-refractivity contribution in [3.63, 3.8) is 0 Å². The van der Waals surface area contributed by atoms with E-state index in [0.29, 0.717) is 22.8 Å². The average molecular weight is 365 g/mol. The molecule has 0 saturated heterocycles. The highest BCUT2D eigenvalue weighted by Gasteiger charge is 2.21. The topological polar surface area (TPSA) is 103 Å². The molecule has 0 spiro atoms. The minimum atomic E-state index is -0.225. The van der Waals surface area contributed by atoms with Crippen LogP contribution in [0.15, 0.2) is 41.5 Å². The van der Waals surface area contributed by atoms with Crippen LogP contribution in [0.5, 0.6) is 0 Å². The van der Waals surface area contributed by atoms with Crippen LogP contribution in [0.3, 0.4) is 0 Å². The molecule has 0 aromatic carbocycles. The number of aliphatic hydroxyl groups is 1. The molecule has 0 bridgehead atoms. The highest BCUT2D eigenvalue weighted by molar-refractivity contribution is 5.93. The van der Waals surface area contributed by atoms with Crippen LogP contribution in [0.4, 0.5) is 17.5 Å². The molecule has 1 aliphatic carbocycles. The largest absolute Gasteiger partial charge is 0.393 e. The average Bonchev–Trinajstić information content (AvgIpc) is 2.63. The molecule has 27 heavy (non-hydrogen) atoms. The first kappa shape index (κ1) is 17.5. The Hall–Kier alpha value is -2.93. The first-order valence-corrected chi connectivity index (χ1v) is 9.25. The van der Waals surface area contributed by atoms with Gasteiger partial charge in [-0.25, -0.2) is 9.97 Å². The minimum absolute atomic E-state index is 0.168. The molecule has 0 atom stereocenters. The van der Waals surface area contributed by atoms with Gasteiger partial charge in [0.05, 0.1) is 11.5 Å². The third kappa shape index (κ3) is 3.93. The summed E-state index contributed by atoms with van der Waals surface area (Å²) in [4.78, 5) is 24.1. The first-order chi connectivity index (χ1) is 13.1. The van der Waals surface area contributed by atoms with E-state index in [4.69, 9.17) is 0 Å². The van der Waals surface area contributed by atoms with E-state index in [1.165, 1.54) is 0 Å². The summed E-state index contributed by atoms with van der Waals surface area (Å²) in [5.41, 5.74) is 0.933. The summed E-state index contributed by atoms with van der Waals surface area (Å²) in [7, 11) is 0. The van der Waals surface area contributed by atoms with Gasteiger partial charge in [-0.15, -0.1) is 0 Å². The Bertz CT molecular complexity index is 1010. The molecular weight excluding hydrogens is 342 g/mol. The zero-order valence-corrected chi connectivity index (χ0v) is 15.2. The number of rotatable bonds is 4. The quantitative estimate of drug-likeness (QED) is 0.567. The standard InChI is InChI=1S/C20H23N5O2/c1-12-6-8-21-16(10-12)24-17-11-13-7-9-22-20(27)18(13)19(25-17)23-14-2-4-15(26)5-3-14/h6-11,14-15,26H,2-5H2,1H3,(H,22,27)(H2,21,23,24,25)/t14-,15+. The van der Waals surface area contributed by atoms with Crippen LogP contribution in [-0.2, 0) is 0 Å². The molecule has 7 heteroatoms. The molecule has 3 aromatic rings. The van der Waals surface area contributed by atoms with E-state index < -0.39 is 0 Å². The van der Waals surface area contributed by atoms with E-state index in [2.05, 4.69) is 25.6 Å². The zero-order chi connectivity index (χ0) is 18.8. The van der Waals surface area contributed by atoms with Crippen LogP contribution in [0.2, 0.25) is 0 Å². The SMILES string of the molecule is Cc1ccnc(Nc2cc3cc[nH]c(=O)c3c(N[C@H]3CC[C@@H](O)CC3)n2)c1. The lowest BCUT2D eigenvalue weighted by atomic mass is 9.93. The van der Waals surface area contributed by atoms with Crippen LogP contribution >= 0.6 is 0 Å². The molecule has 0 aliphatic heterocycles. The molecule has 0 unspecified atom stereocenters. The van der Waals surface area contributed by atoms with Crippen molar-refractivity contribution >= 4 is 28.2 Å². The number of aliphatic hydroxyl groups excluding tert-OH is 1. The molecular formula is C20H23N5O2. The number of hydrogen-bond acceptors (Lipinski definition) is 6. The molecule has 0 radical (unpaired) electrons. The van der Waals surface area contributed by atoms with Crippen molar-refractivity contribution in [2.45, 2.75) is 44.8 Å². The van der Waals surface area contributed by atoms with Crippen LogP contribution in [0.25, 0.3) is 10.8 Å². The summed E-state index contributed by atoms with van der Waals surface area (Å²) in [5, 5.41) is 17.7. The van der Waals surface area contributed by atoms with Crippen LogP contribution < -0.4 is 16.2 Å². The van der Waals surface area contributed by atoms with Gasteiger partial charge in [0.1, 0.15) is 17.5 Å². The second-order valence-electron chi connectivity index (χ2n) is 7.12. The number of hydrogen-bond donors (Lipinski definition) is 4. The second kappa shape index (κ2) is 7.36. The Kier molecular flexibility index (Phi) is 4.77. The lowest BCUT2D eigenvalue weighted by Gasteiger charge is -2.27. The zero-order valence-electron chi connectivity index (χ0n) is 15.2. The van der Waals surface area contributed by atoms with Gasteiger partial charge in [0.15, 0.2) is 0 Å². The number of fused-ring (bicyclic) bond motifs is 1. The summed E-state index contributed by atoms with van der Waals surface area (Å²) in [6.07, 6.45) is 6.39. The minimum Gasteiger partial charge on any atom is -0.393 e. The van der Waals surface area contributed by atoms with Crippen molar-refractivity contribution in [2.75, 3.05) is 10.6 Å². The monoisotopic (exact) mass is 365 g/mol. The Morgan fingerprint density at radius 2 is 1.96 bits per heavy atom. The van der Waals surface area contributed by atoms with Gasteiger partial charge >= 0.3 is 0 Å². The maximum atomic E-state index is 12.4. The van der Waals surface area contributed by atoms with E-state index >= 15 is 0 Å². The summed E-state index contributed by atoms with van der Waals surface area (Å²) in [6.45, 7) is 2.00. The summed E-state index contributed by atoms with van der Waals surface area (Å²) in [5.74, 6) is 1.90. The van der Waals surface area contributed by atoms with Crippen molar-refractivity contribution in [3.05, 3.63) is 52.6 Å². The number of aryl methyl sites for hydroxylation is 1. The summed E-state index contributed by atoms with van der Waals surface area (Å²) < 4.78 is 0. The summed E-state index contributed by atoms with van der Waals surface area (Å²) in [6, 6.07) is 7.78. The van der Waals surface area contributed by atoms with Gasteiger partial charge in [-0.2, -0.15) is 0 Å². The van der Waals surface area contributed by atoms with Crippen molar-refractivity contribution in [1.82, 2.24) is 15.0 Å². The maximum Gasteiger partial charge on any atom is 0.259 e. The molecule has 7 nitrogen and oxygen atoms in total. The molecule has 3 aromatic heterocycles. The van der Waals surface area contributed by atoms with Gasteiger partial charge < -0.3 is 20.7 Å². The fourth-order valence-corrected chi connectivity index (χ4v) is 3.53. The van der Waals surface area contributed by atoms with E-state index in [-0.39, 0.29) is 17.7 Å². The van der Waals surface area contributed by atoms with Crippen molar-refractivity contribution < 1.29 is 5.11 Å². The molecule has 1 fully saturated rings. The highest BCUT2D eigenvalue weighted by Crippen LogP contribution is 2.27. The van der Waals surface area contributed by atoms with Crippen molar-refractivity contribution in [1.29, 1.82) is 0 Å². The van der Waals surface area contributed by atoms with Gasteiger partial charge in [0.25, 0.3) is 5.56 Å². The van der Waals surface area contributed by atoms with E-state index in [0.717, 1.165) is 36.6 Å². The Morgan fingerprint density at radius 1 is 1.15 bits per heavy atom. The lowest BCUT2D eigenvalue weighted by molar-refractivity contribution is 0.126. The Labute approximate surface area is 156 Å². The van der Waals surface area contributed by atoms with E-state index in [1.54, 1.807) is 12.4 Å². The van der Waals surface area contributed by atoms with Gasteiger partial charge in [-0.05, 0) is 67.8 Å².